The van der Waals surface area contributed by atoms with Crippen LogP contribution in [0.15, 0.2) is 42.5 Å². The molecule has 0 radical (unpaired) electrons. The Morgan fingerprint density at radius 2 is 2.05 bits per heavy atom. The maximum Gasteiger partial charge on any atom is 0.335 e. The zero-order chi connectivity index (χ0) is 13.1. The van der Waals surface area contributed by atoms with E-state index in [-0.39, 0.29) is 12.1 Å². The van der Waals surface area contributed by atoms with Crippen LogP contribution in [0.5, 0.6) is 0 Å². The molecule has 0 amide bonds. The number of fused-ring (bicyclic) bond motifs is 1. The molecule has 1 heterocycles. The molecule has 0 N–H and O–H groups in total. The van der Waals surface area contributed by atoms with Crippen LogP contribution >= 0.6 is 0 Å². The number of hydrogen-bond acceptors (Lipinski definition) is 3. The number of carbonyl (C=O) groups excluding carboxylic acids is 1. The molecule has 1 unspecified atom stereocenters. The summed E-state index contributed by atoms with van der Waals surface area (Å²) >= 11 is 0. The van der Waals surface area contributed by atoms with Crippen LogP contribution < -0.4 is 0 Å². The maximum absolute atomic E-state index is 11.8. The van der Waals surface area contributed by atoms with E-state index < -0.39 is 0 Å². The van der Waals surface area contributed by atoms with Crippen molar-refractivity contribution in [2.45, 2.75) is 25.6 Å². The number of rotatable bonds is 3. The average Bonchev–Trinajstić information content (AvgIpc) is 2.99. The molecule has 0 aromatic heterocycles. The average molecular weight is 256 g/mol. The van der Waals surface area contributed by atoms with E-state index in [1.165, 1.54) is 0 Å². The standard InChI is InChI=1S/C16H16O3/c17-16(15-9-4-10-18-15)19-11-13-7-3-6-12-5-1-2-8-14(12)13/h1-3,5-8,15H,4,9-11H2. The van der Waals surface area contributed by atoms with Crippen LogP contribution in [0.4, 0.5) is 0 Å². The number of esters is 1. The van der Waals surface area contributed by atoms with E-state index in [2.05, 4.69) is 12.1 Å². The molecule has 0 aliphatic carbocycles. The molecule has 3 nitrogen and oxygen atoms in total. The summed E-state index contributed by atoms with van der Waals surface area (Å²) in [5.41, 5.74) is 1.03. The van der Waals surface area contributed by atoms with E-state index >= 15 is 0 Å². The zero-order valence-corrected chi connectivity index (χ0v) is 10.7. The van der Waals surface area contributed by atoms with Gasteiger partial charge >= 0.3 is 5.97 Å². The third-order valence-corrected chi connectivity index (χ3v) is 3.44. The number of ether oxygens (including phenoxy) is 2. The second kappa shape index (κ2) is 5.41. The molecule has 1 fully saturated rings. The Kier molecular flexibility index (Phi) is 3.47. The molecule has 0 bridgehead atoms. The predicted molar refractivity (Wildman–Crippen MR) is 72.7 cm³/mol. The highest BCUT2D eigenvalue weighted by Gasteiger charge is 2.24. The SMILES string of the molecule is O=C(OCc1cccc2ccccc12)C1CCCO1. The third-order valence-electron chi connectivity index (χ3n) is 3.44. The molecule has 1 aliphatic rings. The normalized spacial score (nSPS) is 18.6. The van der Waals surface area contributed by atoms with E-state index in [0.717, 1.165) is 29.2 Å². The summed E-state index contributed by atoms with van der Waals surface area (Å²) in [4.78, 5) is 11.8. The van der Waals surface area contributed by atoms with E-state index in [0.29, 0.717) is 13.2 Å². The molecule has 3 heteroatoms. The Hall–Kier alpha value is -1.87. The van der Waals surface area contributed by atoms with Gasteiger partial charge in [-0.05, 0) is 29.2 Å². The van der Waals surface area contributed by atoms with Gasteiger partial charge < -0.3 is 9.47 Å². The molecular formula is C16H16O3. The first kappa shape index (κ1) is 12.2. The molecule has 2 aromatic rings. The summed E-state index contributed by atoms with van der Waals surface area (Å²) in [6.07, 6.45) is 1.34. The first-order valence-electron chi connectivity index (χ1n) is 6.59. The summed E-state index contributed by atoms with van der Waals surface area (Å²) in [5.74, 6) is -0.245. The lowest BCUT2D eigenvalue weighted by Gasteiger charge is -2.11. The van der Waals surface area contributed by atoms with E-state index in [9.17, 15) is 4.79 Å². The van der Waals surface area contributed by atoms with Gasteiger partial charge in [-0.25, -0.2) is 4.79 Å². The minimum atomic E-state index is -0.366. The van der Waals surface area contributed by atoms with Gasteiger partial charge in [0.2, 0.25) is 0 Å². The molecule has 0 spiro atoms. The number of benzene rings is 2. The summed E-state index contributed by atoms with van der Waals surface area (Å²) in [6.45, 7) is 0.966. The highest BCUT2D eigenvalue weighted by molar-refractivity contribution is 5.85. The highest BCUT2D eigenvalue weighted by atomic mass is 16.6. The Labute approximate surface area is 112 Å². The van der Waals surface area contributed by atoms with Crippen molar-refractivity contribution in [3.63, 3.8) is 0 Å². The van der Waals surface area contributed by atoms with Gasteiger partial charge in [-0.3, -0.25) is 0 Å². The maximum atomic E-state index is 11.8. The molecule has 2 aromatic carbocycles. The van der Waals surface area contributed by atoms with E-state index in [1.807, 2.05) is 30.3 Å². The van der Waals surface area contributed by atoms with Crippen molar-refractivity contribution >= 4 is 16.7 Å². The van der Waals surface area contributed by atoms with Gasteiger partial charge in [0.15, 0.2) is 6.10 Å². The van der Waals surface area contributed by atoms with Gasteiger partial charge in [0.05, 0.1) is 0 Å². The molecule has 3 rings (SSSR count). The van der Waals surface area contributed by atoms with Crippen molar-refractivity contribution in [3.05, 3.63) is 48.0 Å². The second-order valence-electron chi connectivity index (χ2n) is 4.75. The quantitative estimate of drug-likeness (QED) is 0.792. The fraction of sp³-hybridized carbons (Fsp3) is 0.312. The van der Waals surface area contributed by atoms with Gasteiger partial charge in [-0.2, -0.15) is 0 Å². The van der Waals surface area contributed by atoms with Gasteiger partial charge in [0.1, 0.15) is 6.61 Å². The minimum absolute atomic E-state index is 0.245. The molecule has 98 valence electrons. The van der Waals surface area contributed by atoms with Gasteiger partial charge in [-0.1, -0.05) is 42.5 Å². The fourth-order valence-electron chi connectivity index (χ4n) is 2.42. The summed E-state index contributed by atoms with van der Waals surface area (Å²) in [5, 5.41) is 2.29. The summed E-state index contributed by atoms with van der Waals surface area (Å²) in [6, 6.07) is 14.1. The van der Waals surface area contributed by atoms with Crippen LogP contribution in [0.1, 0.15) is 18.4 Å². The van der Waals surface area contributed by atoms with Crippen molar-refractivity contribution in [2.75, 3.05) is 6.61 Å². The van der Waals surface area contributed by atoms with Crippen LogP contribution in [0, 0.1) is 0 Å². The lowest BCUT2D eigenvalue weighted by Crippen LogP contribution is -2.22. The second-order valence-corrected chi connectivity index (χ2v) is 4.75. The van der Waals surface area contributed by atoms with Crippen molar-refractivity contribution in [3.8, 4) is 0 Å². The Balaban J connectivity index is 1.73. The Morgan fingerprint density at radius 3 is 2.89 bits per heavy atom. The van der Waals surface area contributed by atoms with E-state index in [4.69, 9.17) is 9.47 Å². The minimum Gasteiger partial charge on any atom is -0.459 e. The third kappa shape index (κ3) is 2.61. The van der Waals surface area contributed by atoms with E-state index in [1.54, 1.807) is 0 Å². The topological polar surface area (TPSA) is 35.5 Å². The molecule has 0 saturated carbocycles. The zero-order valence-electron chi connectivity index (χ0n) is 10.7. The lowest BCUT2D eigenvalue weighted by molar-refractivity contribution is -0.155. The van der Waals surface area contributed by atoms with Gasteiger partial charge in [0, 0.05) is 6.61 Å². The van der Waals surface area contributed by atoms with Crippen LogP contribution in [0.2, 0.25) is 0 Å². The predicted octanol–water partition coefficient (Wildman–Crippen LogP) is 3.06. The fourth-order valence-corrected chi connectivity index (χ4v) is 2.42. The van der Waals surface area contributed by atoms with Crippen molar-refractivity contribution in [1.82, 2.24) is 0 Å². The monoisotopic (exact) mass is 256 g/mol. The summed E-state index contributed by atoms with van der Waals surface area (Å²) < 4.78 is 10.7. The van der Waals surface area contributed by atoms with Crippen LogP contribution in [-0.2, 0) is 20.9 Å². The van der Waals surface area contributed by atoms with Crippen molar-refractivity contribution in [2.24, 2.45) is 0 Å². The van der Waals surface area contributed by atoms with Gasteiger partial charge in [-0.15, -0.1) is 0 Å². The molecule has 1 saturated heterocycles. The molecule has 1 atom stereocenters. The smallest absolute Gasteiger partial charge is 0.335 e. The van der Waals surface area contributed by atoms with Crippen molar-refractivity contribution in [1.29, 1.82) is 0 Å². The lowest BCUT2D eigenvalue weighted by atomic mass is 10.1. The Morgan fingerprint density at radius 1 is 1.21 bits per heavy atom. The molecule has 19 heavy (non-hydrogen) atoms. The van der Waals surface area contributed by atoms with Crippen LogP contribution in [0.3, 0.4) is 0 Å². The highest BCUT2D eigenvalue weighted by Crippen LogP contribution is 2.20. The molecular weight excluding hydrogens is 240 g/mol. The van der Waals surface area contributed by atoms with Gasteiger partial charge in [0.25, 0.3) is 0 Å². The van der Waals surface area contributed by atoms with Crippen LogP contribution in [-0.4, -0.2) is 18.7 Å². The summed E-state index contributed by atoms with van der Waals surface area (Å²) in [7, 11) is 0. The number of hydrogen-bond donors (Lipinski definition) is 0. The number of carbonyl (C=O) groups is 1. The van der Waals surface area contributed by atoms with Crippen molar-refractivity contribution < 1.29 is 14.3 Å². The first-order chi connectivity index (χ1) is 9.34. The largest absolute Gasteiger partial charge is 0.459 e. The van der Waals surface area contributed by atoms with Crippen LogP contribution in [0.25, 0.3) is 10.8 Å². The Bertz CT molecular complexity index is 580. The first-order valence-corrected chi connectivity index (χ1v) is 6.59. The molecule has 1 aliphatic heterocycles.